The molecule has 0 bridgehead atoms. The van der Waals surface area contributed by atoms with Crippen LogP contribution in [0.2, 0.25) is 0 Å². The Morgan fingerprint density at radius 2 is 2.25 bits per heavy atom. The fourth-order valence-corrected chi connectivity index (χ4v) is 3.86. The van der Waals surface area contributed by atoms with Gasteiger partial charge in [0.25, 0.3) is 0 Å². The molecule has 1 atom stereocenters. The number of hydrogen-bond donors (Lipinski definition) is 1. The lowest BCUT2D eigenvalue weighted by molar-refractivity contribution is 0.423. The van der Waals surface area contributed by atoms with E-state index in [4.69, 9.17) is 4.42 Å². The summed E-state index contributed by atoms with van der Waals surface area (Å²) in [5.74, 6) is 1.71. The number of nitrogens with zero attached hydrogens (tertiary/aromatic N) is 1. The van der Waals surface area contributed by atoms with Crippen molar-refractivity contribution in [1.82, 2.24) is 10.3 Å². The second-order valence-corrected chi connectivity index (χ2v) is 6.64. The largest absolute Gasteiger partial charge is 0.438 e. The van der Waals surface area contributed by atoms with E-state index in [1.807, 2.05) is 17.5 Å². The van der Waals surface area contributed by atoms with Crippen LogP contribution in [0.3, 0.4) is 0 Å². The number of rotatable bonds is 5. The van der Waals surface area contributed by atoms with E-state index in [-0.39, 0.29) is 6.04 Å². The first-order valence-electron chi connectivity index (χ1n) is 7.59. The van der Waals surface area contributed by atoms with Gasteiger partial charge in [-0.15, -0.1) is 11.3 Å². The van der Waals surface area contributed by atoms with Crippen LogP contribution in [-0.4, -0.2) is 11.5 Å². The van der Waals surface area contributed by atoms with Gasteiger partial charge in [-0.1, -0.05) is 6.92 Å². The zero-order chi connectivity index (χ0) is 13.9. The summed E-state index contributed by atoms with van der Waals surface area (Å²) in [4.78, 5) is 7.21. The van der Waals surface area contributed by atoms with Crippen LogP contribution in [0.5, 0.6) is 0 Å². The highest BCUT2D eigenvalue weighted by Gasteiger charge is 2.18. The summed E-state index contributed by atoms with van der Waals surface area (Å²) in [6, 6.07) is 2.48. The lowest BCUT2D eigenvalue weighted by Crippen LogP contribution is -2.19. The first-order chi connectivity index (χ1) is 9.78. The highest BCUT2D eigenvalue weighted by atomic mass is 32.1. The maximum absolute atomic E-state index is 5.94. The average molecular weight is 290 g/mol. The number of fused-ring (bicyclic) bond motifs is 1. The average Bonchev–Trinajstić information content (AvgIpc) is 3.10. The molecular weight excluding hydrogens is 268 g/mol. The molecule has 20 heavy (non-hydrogen) atoms. The second-order valence-electron chi connectivity index (χ2n) is 5.50. The number of oxazole rings is 1. The standard InChI is InChI=1S/C16H22N2OS/c1-3-8-17-11(2)16-18-10-13(19-16)15-9-12-6-4-5-7-14(12)20-15/h9-11,17H,3-8H2,1-2H3. The van der Waals surface area contributed by atoms with Crippen LogP contribution in [0.1, 0.15) is 55.5 Å². The molecule has 2 aromatic rings. The SMILES string of the molecule is CCCNC(C)c1ncc(-c2cc3c(s2)CCCC3)o1. The first kappa shape index (κ1) is 13.8. The molecule has 108 valence electrons. The topological polar surface area (TPSA) is 38.1 Å². The lowest BCUT2D eigenvalue weighted by atomic mass is 9.99. The van der Waals surface area contributed by atoms with Crippen molar-refractivity contribution in [3.05, 3.63) is 28.6 Å². The summed E-state index contributed by atoms with van der Waals surface area (Å²) < 4.78 is 5.94. The highest BCUT2D eigenvalue weighted by molar-refractivity contribution is 7.15. The Morgan fingerprint density at radius 3 is 3.05 bits per heavy atom. The third-order valence-corrected chi connectivity index (χ3v) is 5.09. The molecule has 0 aromatic carbocycles. The van der Waals surface area contributed by atoms with Crippen molar-refractivity contribution in [1.29, 1.82) is 0 Å². The van der Waals surface area contributed by atoms with E-state index >= 15 is 0 Å². The first-order valence-corrected chi connectivity index (χ1v) is 8.40. The molecule has 1 aliphatic rings. The number of hydrogen-bond acceptors (Lipinski definition) is 4. The Bertz CT molecular complexity index is 549. The molecule has 3 rings (SSSR count). The zero-order valence-electron chi connectivity index (χ0n) is 12.2. The molecule has 4 heteroatoms. The van der Waals surface area contributed by atoms with E-state index in [0.717, 1.165) is 24.6 Å². The van der Waals surface area contributed by atoms with Crippen molar-refractivity contribution in [3.8, 4) is 10.6 Å². The van der Waals surface area contributed by atoms with Gasteiger partial charge in [-0.3, -0.25) is 0 Å². The highest BCUT2D eigenvalue weighted by Crippen LogP contribution is 2.36. The summed E-state index contributed by atoms with van der Waals surface area (Å²) in [5, 5.41) is 3.41. The maximum atomic E-state index is 5.94. The van der Waals surface area contributed by atoms with Crippen LogP contribution in [0, 0.1) is 0 Å². The lowest BCUT2D eigenvalue weighted by Gasteiger charge is -2.08. The molecule has 0 spiro atoms. The van der Waals surface area contributed by atoms with Crippen LogP contribution in [0.15, 0.2) is 16.7 Å². The van der Waals surface area contributed by atoms with Crippen LogP contribution in [0.25, 0.3) is 10.6 Å². The minimum absolute atomic E-state index is 0.179. The monoisotopic (exact) mass is 290 g/mol. The fraction of sp³-hybridized carbons (Fsp3) is 0.562. The van der Waals surface area contributed by atoms with Gasteiger partial charge in [-0.25, -0.2) is 4.98 Å². The molecule has 0 saturated carbocycles. The fourth-order valence-electron chi connectivity index (χ4n) is 2.66. The zero-order valence-corrected chi connectivity index (χ0v) is 13.1. The van der Waals surface area contributed by atoms with Gasteiger partial charge in [0.2, 0.25) is 5.89 Å². The summed E-state index contributed by atoms with van der Waals surface area (Å²) in [7, 11) is 0. The smallest absolute Gasteiger partial charge is 0.211 e. The Kier molecular flexibility index (Phi) is 4.22. The van der Waals surface area contributed by atoms with Gasteiger partial charge in [0.05, 0.1) is 17.1 Å². The molecular formula is C16H22N2OS. The normalized spacial score (nSPS) is 16.1. The summed E-state index contributed by atoms with van der Waals surface area (Å²) in [5.41, 5.74) is 1.52. The van der Waals surface area contributed by atoms with Gasteiger partial charge in [-0.2, -0.15) is 0 Å². The van der Waals surface area contributed by atoms with Gasteiger partial charge in [0.1, 0.15) is 0 Å². The van der Waals surface area contributed by atoms with Gasteiger partial charge >= 0.3 is 0 Å². The molecule has 0 aliphatic heterocycles. The van der Waals surface area contributed by atoms with E-state index in [0.29, 0.717) is 0 Å². The predicted octanol–water partition coefficient (Wildman–Crippen LogP) is 4.34. The maximum Gasteiger partial charge on any atom is 0.211 e. The van der Waals surface area contributed by atoms with Crippen LogP contribution < -0.4 is 5.32 Å². The van der Waals surface area contributed by atoms with E-state index in [2.05, 4.69) is 30.2 Å². The number of thiophene rings is 1. The van der Waals surface area contributed by atoms with Crippen molar-refractivity contribution in [3.63, 3.8) is 0 Å². The quantitative estimate of drug-likeness (QED) is 0.890. The second kappa shape index (κ2) is 6.10. The molecule has 1 unspecified atom stereocenters. The summed E-state index contributed by atoms with van der Waals surface area (Å²) in [6.45, 7) is 5.26. The van der Waals surface area contributed by atoms with Gasteiger partial charge in [-0.05, 0) is 57.2 Å². The van der Waals surface area contributed by atoms with E-state index < -0.39 is 0 Å². The molecule has 1 aliphatic carbocycles. The molecule has 0 fully saturated rings. The molecule has 0 saturated heterocycles. The molecule has 1 N–H and O–H groups in total. The van der Waals surface area contributed by atoms with Crippen molar-refractivity contribution in [2.24, 2.45) is 0 Å². The van der Waals surface area contributed by atoms with E-state index in [9.17, 15) is 0 Å². The van der Waals surface area contributed by atoms with Crippen molar-refractivity contribution in [2.45, 2.75) is 52.0 Å². The molecule has 2 aromatic heterocycles. The molecule has 3 nitrogen and oxygen atoms in total. The van der Waals surface area contributed by atoms with Crippen molar-refractivity contribution >= 4 is 11.3 Å². The van der Waals surface area contributed by atoms with Crippen LogP contribution in [-0.2, 0) is 12.8 Å². The Morgan fingerprint density at radius 1 is 1.40 bits per heavy atom. The Labute approximate surface area is 124 Å². The van der Waals surface area contributed by atoms with E-state index in [1.165, 1.54) is 36.1 Å². The Hall–Kier alpha value is -1.13. The Balaban J connectivity index is 1.77. The van der Waals surface area contributed by atoms with Crippen LogP contribution >= 0.6 is 11.3 Å². The van der Waals surface area contributed by atoms with Gasteiger partial charge in [0, 0.05) is 4.88 Å². The third kappa shape index (κ3) is 2.81. The van der Waals surface area contributed by atoms with Gasteiger partial charge < -0.3 is 9.73 Å². The van der Waals surface area contributed by atoms with Crippen molar-refractivity contribution in [2.75, 3.05) is 6.54 Å². The number of aryl methyl sites for hydroxylation is 2. The minimum atomic E-state index is 0.179. The number of nitrogens with one attached hydrogen (secondary N) is 1. The molecule has 2 heterocycles. The molecule has 0 radical (unpaired) electrons. The number of aromatic nitrogens is 1. The predicted molar refractivity (Wildman–Crippen MR) is 83.2 cm³/mol. The minimum Gasteiger partial charge on any atom is -0.438 e. The van der Waals surface area contributed by atoms with E-state index in [1.54, 1.807) is 4.88 Å². The van der Waals surface area contributed by atoms with Crippen LogP contribution in [0.4, 0.5) is 0 Å². The summed E-state index contributed by atoms with van der Waals surface area (Å²) >= 11 is 1.88. The third-order valence-electron chi connectivity index (χ3n) is 3.83. The molecule has 0 amide bonds. The van der Waals surface area contributed by atoms with Gasteiger partial charge in [0.15, 0.2) is 5.76 Å². The van der Waals surface area contributed by atoms with Crippen molar-refractivity contribution < 1.29 is 4.42 Å². The summed E-state index contributed by atoms with van der Waals surface area (Å²) in [6.07, 6.45) is 8.10.